The average molecular weight is 307 g/mol. The fraction of sp³-hybridized carbons (Fsp3) is 0.400. The maximum atomic E-state index is 13.1. The molecule has 0 aliphatic carbocycles. The summed E-state index contributed by atoms with van der Waals surface area (Å²) >= 11 is 0. The van der Waals surface area contributed by atoms with E-state index in [1.54, 1.807) is 20.0 Å². The van der Waals surface area contributed by atoms with Gasteiger partial charge in [0, 0.05) is 26.6 Å². The Kier molecular flexibility index (Phi) is 4.75. The zero-order valence-electron chi connectivity index (χ0n) is 12.6. The van der Waals surface area contributed by atoms with Crippen molar-refractivity contribution in [2.75, 3.05) is 20.1 Å². The third-order valence-electron chi connectivity index (χ3n) is 3.61. The second-order valence-corrected chi connectivity index (χ2v) is 5.35. The van der Waals surface area contributed by atoms with E-state index in [-0.39, 0.29) is 37.1 Å². The van der Waals surface area contributed by atoms with Crippen LogP contribution in [0.15, 0.2) is 18.2 Å². The zero-order valence-corrected chi connectivity index (χ0v) is 12.6. The van der Waals surface area contributed by atoms with Crippen LogP contribution in [-0.2, 0) is 16.1 Å². The second-order valence-electron chi connectivity index (χ2n) is 5.35. The minimum atomic E-state index is -0.545. The Labute approximate surface area is 127 Å². The third-order valence-corrected chi connectivity index (χ3v) is 3.61. The van der Waals surface area contributed by atoms with Gasteiger partial charge in [-0.1, -0.05) is 6.07 Å². The fourth-order valence-corrected chi connectivity index (χ4v) is 2.21. The molecule has 1 aromatic rings. The van der Waals surface area contributed by atoms with Crippen LogP contribution in [0.2, 0.25) is 0 Å². The highest BCUT2D eigenvalue weighted by molar-refractivity contribution is 5.98. The van der Waals surface area contributed by atoms with E-state index >= 15 is 0 Å². The van der Waals surface area contributed by atoms with Crippen molar-refractivity contribution in [1.82, 2.24) is 15.1 Å². The van der Waals surface area contributed by atoms with Crippen molar-refractivity contribution in [2.24, 2.45) is 0 Å². The highest BCUT2D eigenvalue weighted by Crippen LogP contribution is 2.12. The fourth-order valence-electron chi connectivity index (χ4n) is 2.21. The number of urea groups is 1. The minimum Gasteiger partial charge on any atom is -0.340 e. The predicted molar refractivity (Wildman–Crippen MR) is 77.3 cm³/mol. The molecule has 0 atom stereocenters. The smallest absolute Gasteiger partial charge is 0.324 e. The summed E-state index contributed by atoms with van der Waals surface area (Å²) in [5.74, 6) is -0.887. The van der Waals surface area contributed by atoms with E-state index in [2.05, 4.69) is 5.32 Å². The molecule has 4 amide bonds. The highest BCUT2D eigenvalue weighted by atomic mass is 19.1. The van der Waals surface area contributed by atoms with E-state index in [4.69, 9.17) is 0 Å². The van der Waals surface area contributed by atoms with Gasteiger partial charge in [0.25, 0.3) is 0 Å². The van der Waals surface area contributed by atoms with Crippen molar-refractivity contribution in [1.29, 1.82) is 0 Å². The van der Waals surface area contributed by atoms with Gasteiger partial charge in [-0.05, 0) is 30.2 Å². The van der Waals surface area contributed by atoms with Crippen molar-refractivity contribution in [3.63, 3.8) is 0 Å². The number of halogens is 1. The number of carbonyl (C=O) groups excluding carboxylic acids is 3. The van der Waals surface area contributed by atoms with Crippen molar-refractivity contribution >= 4 is 17.8 Å². The normalized spacial score (nSPS) is 14.8. The standard InChI is InChI=1S/C15H18FN3O3/c1-10-7-12(16)4-3-11(10)8-18(2)14(21)9-19-6-5-13(20)17-15(19)22/h3-4,7H,5-6,8-9H2,1-2H3,(H,17,20,22). The summed E-state index contributed by atoms with van der Waals surface area (Å²) < 4.78 is 13.1. The van der Waals surface area contributed by atoms with Gasteiger partial charge in [-0.2, -0.15) is 0 Å². The molecular formula is C15H18FN3O3. The van der Waals surface area contributed by atoms with Gasteiger partial charge in [0.2, 0.25) is 11.8 Å². The molecule has 1 fully saturated rings. The number of benzene rings is 1. The first kappa shape index (κ1) is 15.9. The van der Waals surface area contributed by atoms with Crippen LogP contribution in [0.4, 0.5) is 9.18 Å². The zero-order chi connectivity index (χ0) is 16.3. The molecule has 1 aromatic carbocycles. The number of hydrogen-bond acceptors (Lipinski definition) is 3. The molecule has 0 spiro atoms. The third kappa shape index (κ3) is 3.81. The van der Waals surface area contributed by atoms with Crippen LogP contribution in [0.3, 0.4) is 0 Å². The van der Waals surface area contributed by atoms with Crippen molar-refractivity contribution < 1.29 is 18.8 Å². The summed E-state index contributed by atoms with van der Waals surface area (Å²) in [6.45, 7) is 2.26. The predicted octanol–water partition coefficient (Wildman–Crippen LogP) is 1.03. The SMILES string of the molecule is Cc1cc(F)ccc1CN(C)C(=O)CN1CCC(=O)NC1=O. The van der Waals surface area contributed by atoms with E-state index in [1.807, 2.05) is 0 Å². The van der Waals surface area contributed by atoms with Gasteiger partial charge < -0.3 is 9.80 Å². The number of rotatable bonds is 4. The molecule has 1 aliphatic heterocycles. The van der Waals surface area contributed by atoms with Gasteiger partial charge in [-0.25, -0.2) is 9.18 Å². The molecule has 7 heteroatoms. The van der Waals surface area contributed by atoms with Gasteiger partial charge >= 0.3 is 6.03 Å². The van der Waals surface area contributed by atoms with Gasteiger partial charge in [0.1, 0.15) is 12.4 Å². The Bertz CT molecular complexity index is 618. The molecular weight excluding hydrogens is 289 g/mol. The van der Waals surface area contributed by atoms with Crippen LogP contribution in [0.5, 0.6) is 0 Å². The molecule has 0 saturated carbocycles. The molecule has 0 unspecified atom stereocenters. The first-order valence-electron chi connectivity index (χ1n) is 6.94. The van der Waals surface area contributed by atoms with E-state index in [0.29, 0.717) is 6.54 Å². The summed E-state index contributed by atoms with van der Waals surface area (Å²) in [4.78, 5) is 37.6. The van der Waals surface area contributed by atoms with Crippen LogP contribution in [0, 0.1) is 12.7 Å². The minimum absolute atomic E-state index is 0.0874. The largest absolute Gasteiger partial charge is 0.340 e. The van der Waals surface area contributed by atoms with Gasteiger partial charge in [0.15, 0.2) is 0 Å². The summed E-state index contributed by atoms with van der Waals surface area (Å²) in [5.41, 5.74) is 1.61. The Morgan fingerprint density at radius 3 is 2.77 bits per heavy atom. The molecule has 1 aliphatic rings. The number of amides is 4. The van der Waals surface area contributed by atoms with E-state index in [0.717, 1.165) is 11.1 Å². The van der Waals surface area contributed by atoms with Gasteiger partial charge in [0.05, 0.1) is 0 Å². The molecule has 0 aromatic heterocycles. The maximum absolute atomic E-state index is 13.1. The summed E-state index contributed by atoms with van der Waals surface area (Å²) in [5, 5.41) is 2.17. The quantitative estimate of drug-likeness (QED) is 0.903. The Morgan fingerprint density at radius 1 is 1.41 bits per heavy atom. The average Bonchev–Trinajstić information content (AvgIpc) is 2.44. The van der Waals surface area contributed by atoms with Gasteiger partial charge in [-0.3, -0.25) is 14.9 Å². The number of likely N-dealkylation sites (N-methyl/N-ethyl adjacent to an activating group) is 1. The van der Waals surface area contributed by atoms with Crippen molar-refractivity contribution in [3.05, 3.63) is 35.1 Å². The number of aryl methyl sites for hydroxylation is 1. The lowest BCUT2D eigenvalue weighted by atomic mass is 10.1. The van der Waals surface area contributed by atoms with Crippen LogP contribution in [0.1, 0.15) is 17.5 Å². The number of nitrogens with zero attached hydrogens (tertiary/aromatic N) is 2. The molecule has 0 radical (unpaired) electrons. The first-order chi connectivity index (χ1) is 10.4. The van der Waals surface area contributed by atoms with Crippen LogP contribution in [0.25, 0.3) is 0 Å². The highest BCUT2D eigenvalue weighted by Gasteiger charge is 2.25. The number of hydrogen-bond donors (Lipinski definition) is 1. The summed E-state index contributed by atoms with van der Waals surface area (Å²) in [6.07, 6.45) is 0.194. The number of carbonyl (C=O) groups is 3. The molecule has 1 heterocycles. The van der Waals surface area contributed by atoms with Crippen LogP contribution >= 0.6 is 0 Å². The van der Waals surface area contributed by atoms with E-state index in [9.17, 15) is 18.8 Å². The van der Waals surface area contributed by atoms with Crippen molar-refractivity contribution in [3.8, 4) is 0 Å². The molecule has 2 rings (SSSR count). The molecule has 118 valence electrons. The molecule has 6 nitrogen and oxygen atoms in total. The lowest BCUT2D eigenvalue weighted by Crippen LogP contribution is -2.52. The monoisotopic (exact) mass is 307 g/mol. The van der Waals surface area contributed by atoms with Crippen LogP contribution in [-0.4, -0.2) is 47.8 Å². The van der Waals surface area contributed by atoms with Crippen LogP contribution < -0.4 is 5.32 Å². The second kappa shape index (κ2) is 6.55. The number of nitrogens with one attached hydrogen (secondary N) is 1. The van der Waals surface area contributed by atoms with Gasteiger partial charge in [-0.15, -0.1) is 0 Å². The molecule has 1 saturated heterocycles. The van der Waals surface area contributed by atoms with E-state index < -0.39 is 6.03 Å². The Balaban J connectivity index is 1.94. The van der Waals surface area contributed by atoms with Crippen molar-refractivity contribution in [2.45, 2.75) is 19.9 Å². The molecule has 0 bridgehead atoms. The Morgan fingerprint density at radius 2 is 2.14 bits per heavy atom. The maximum Gasteiger partial charge on any atom is 0.324 e. The van der Waals surface area contributed by atoms with E-state index in [1.165, 1.54) is 21.9 Å². The number of imide groups is 1. The summed E-state index contributed by atoms with van der Waals surface area (Å²) in [6, 6.07) is 3.86. The summed E-state index contributed by atoms with van der Waals surface area (Å²) in [7, 11) is 1.62. The lowest BCUT2D eigenvalue weighted by Gasteiger charge is -2.28. The lowest BCUT2D eigenvalue weighted by molar-refractivity contribution is -0.132. The molecule has 1 N–H and O–H groups in total. The topological polar surface area (TPSA) is 69.7 Å². The first-order valence-corrected chi connectivity index (χ1v) is 6.94. The molecule has 22 heavy (non-hydrogen) atoms. The Hall–Kier alpha value is -2.44.